The van der Waals surface area contributed by atoms with Gasteiger partial charge in [-0.15, -0.1) is 0 Å². The zero-order chi connectivity index (χ0) is 25.9. The molecule has 3 aromatic rings. The van der Waals surface area contributed by atoms with E-state index in [1.807, 2.05) is 38.1 Å². The second-order valence-corrected chi connectivity index (χ2v) is 12.6. The molecule has 1 aromatic heterocycles. The van der Waals surface area contributed by atoms with E-state index in [0.717, 1.165) is 36.1 Å². The van der Waals surface area contributed by atoms with Crippen LogP contribution in [-0.4, -0.2) is 42.9 Å². The molecule has 12 heteroatoms. The summed E-state index contributed by atoms with van der Waals surface area (Å²) in [6.45, 7) is 4.74. The van der Waals surface area contributed by atoms with Crippen LogP contribution in [-0.2, 0) is 26.6 Å². The number of hydrogen-bond acceptors (Lipinski definition) is 8. The average molecular weight is 531 g/mol. The smallest absolute Gasteiger partial charge is 0.238 e. The van der Waals surface area contributed by atoms with Gasteiger partial charge in [0.2, 0.25) is 26.0 Å². The number of nitrogens with one attached hydrogen (secondary N) is 2. The number of rotatable bonds is 11. The molecule has 0 radical (unpaired) electrons. The molecular weight excluding hydrogens is 500 g/mol. The second kappa shape index (κ2) is 10.5. The molecule has 1 aliphatic rings. The third kappa shape index (κ3) is 6.38. The Bertz CT molecular complexity index is 1420. The molecule has 1 heterocycles. The Hall–Kier alpha value is -3.06. The van der Waals surface area contributed by atoms with Gasteiger partial charge in [0.05, 0.1) is 10.1 Å². The minimum atomic E-state index is -3.76. The van der Waals surface area contributed by atoms with Crippen molar-refractivity contribution in [2.75, 3.05) is 17.2 Å². The Morgan fingerprint density at radius 3 is 2.17 bits per heavy atom. The third-order valence-corrected chi connectivity index (χ3v) is 9.04. The summed E-state index contributed by atoms with van der Waals surface area (Å²) in [7, 11) is -7.00. The lowest BCUT2D eigenvalue weighted by molar-refractivity contribution is 0.405. The van der Waals surface area contributed by atoms with Crippen LogP contribution in [0.1, 0.15) is 37.3 Å². The zero-order valence-corrected chi connectivity index (χ0v) is 21.8. The van der Waals surface area contributed by atoms with Crippen LogP contribution >= 0.6 is 0 Å². The van der Waals surface area contributed by atoms with Crippen LogP contribution in [0.5, 0.6) is 0 Å². The minimum absolute atomic E-state index is 0.0200. The molecule has 1 fully saturated rings. The predicted molar refractivity (Wildman–Crippen MR) is 140 cm³/mol. The first-order valence-corrected chi connectivity index (χ1v) is 14.7. The first-order valence-electron chi connectivity index (χ1n) is 11.6. The van der Waals surface area contributed by atoms with E-state index in [-0.39, 0.29) is 10.1 Å². The molecule has 1 aliphatic carbocycles. The van der Waals surface area contributed by atoms with Crippen LogP contribution in [0.25, 0.3) is 0 Å². The molecule has 4 N–H and O–H groups in total. The van der Waals surface area contributed by atoms with Crippen molar-refractivity contribution >= 4 is 43.2 Å². The first kappa shape index (κ1) is 26.0. The van der Waals surface area contributed by atoms with E-state index >= 15 is 0 Å². The lowest BCUT2D eigenvalue weighted by Gasteiger charge is -2.21. The highest BCUT2D eigenvalue weighted by Crippen LogP contribution is 2.32. The maximum Gasteiger partial charge on any atom is 0.238 e. The highest BCUT2D eigenvalue weighted by molar-refractivity contribution is 7.90. The quantitative estimate of drug-likeness (QED) is 0.340. The largest absolute Gasteiger partial charge is 0.340 e. The van der Waals surface area contributed by atoms with E-state index in [2.05, 4.69) is 20.6 Å². The van der Waals surface area contributed by atoms with E-state index in [1.54, 1.807) is 22.6 Å². The zero-order valence-electron chi connectivity index (χ0n) is 20.2. The van der Waals surface area contributed by atoms with Crippen LogP contribution < -0.4 is 15.8 Å². The van der Waals surface area contributed by atoms with Gasteiger partial charge in [-0.05, 0) is 68.1 Å². The Kier molecular flexibility index (Phi) is 7.59. The molecule has 2 aromatic carbocycles. The summed E-state index contributed by atoms with van der Waals surface area (Å²) < 4.78 is 49.9. The summed E-state index contributed by atoms with van der Waals surface area (Å²) in [6.07, 6.45) is 3.95. The van der Waals surface area contributed by atoms with Crippen molar-refractivity contribution in [2.45, 2.75) is 49.8 Å². The normalized spacial score (nSPS) is 14.1. The molecule has 36 heavy (non-hydrogen) atoms. The topological polar surface area (TPSA) is 147 Å². The van der Waals surface area contributed by atoms with Crippen molar-refractivity contribution in [2.24, 2.45) is 5.14 Å². The number of primary sulfonamides is 1. The van der Waals surface area contributed by atoms with Gasteiger partial charge in [-0.3, -0.25) is 0 Å². The molecule has 10 nitrogen and oxygen atoms in total. The van der Waals surface area contributed by atoms with Gasteiger partial charge in [0.1, 0.15) is 5.82 Å². The molecule has 0 saturated heterocycles. The van der Waals surface area contributed by atoms with E-state index < -0.39 is 20.0 Å². The molecule has 0 spiro atoms. The van der Waals surface area contributed by atoms with Crippen molar-refractivity contribution in [3.63, 3.8) is 0 Å². The van der Waals surface area contributed by atoms with Gasteiger partial charge in [-0.2, -0.15) is 9.29 Å². The standard InChI is InChI=1S/C24H30N6O4S2/c1-3-14-30(36(33,34)22-12-13-22)16-18-4-6-19(7-5-18)27-23-17(2)15-26-24(29-23)28-20-8-10-21(11-9-20)35(25,31)32/h4-11,15,22H,3,12-14,16H2,1-2H3,(H2,25,31,32)(H2,26,27,28,29). The lowest BCUT2D eigenvalue weighted by atomic mass is 10.2. The van der Waals surface area contributed by atoms with Crippen molar-refractivity contribution in [3.05, 3.63) is 65.9 Å². The molecule has 192 valence electrons. The maximum atomic E-state index is 12.7. The first-order chi connectivity index (χ1) is 17.1. The number of benzene rings is 2. The molecule has 4 rings (SSSR count). The number of nitrogens with two attached hydrogens (primary N) is 1. The molecule has 1 saturated carbocycles. The number of sulfonamides is 2. The van der Waals surface area contributed by atoms with Gasteiger partial charge in [0.15, 0.2) is 0 Å². The van der Waals surface area contributed by atoms with Crippen LogP contribution in [0.3, 0.4) is 0 Å². The van der Waals surface area contributed by atoms with Gasteiger partial charge in [0.25, 0.3) is 0 Å². The molecule has 0 bridgehead atoms. The monoisotopic (exact) mass is 530 g/mol. The summed E-state index contributed by atoms with van der Waals surface area (Å²) >= 11 is 0. The van der Waals surface area contributed by atoms with Crippen molar-refractivity contribution in [3.8, 4) is 0 Å². The fourth-order valence-electron chi connectivity index (χ4n) is 3.64. The Labute approximate surface area is 212 Å². The lowest BCUT2D eigenvalue weighted by Crippen LogP contribution is -2.34. The number of anilines is 4. The number of hydrogen-bond donors (Lipinski definition) is 3. The molecular formula is C24H30N6O4S2. The van der Waals surface area contributed by atoms with Crippen LogP contribution in [0, 0.1) is 6.92 Å². The summed E-state index contributed by atoms with van der Waals surface area (Å²) in [6, 6.07) is 13.6. The molecule has 0 amide bonds. The van der Waals surface area contributed by atoms with Crippen LogP contribution in [0.4, 0.5) is 23.1 Å². The van der Waals surface area contributed by atoms with Crippen LogP contribution in [0.2, 0.25) is 0 Å². The van der Waals surface area contributed by atoms with Crippen LogP contribution in [0.15, 0.2) is 59.6 Å². The molecule has 0 aliphatic heterocycles. The SMILES string of the molecule is CCCN(Cc1ccc(Nc2nc(Nc3ccc(S(N)(=O)=O)cc3)ncc2C)cc1)S(=O)(=O)C1CC1. The highest BCUT2D eigenvalue weighted by Gasteiger charge is 2.39. The summed E-state index contributed by atoms with van der Waals surface area (Å²) in [4.78, 5) is 8.83. The van der Waals surface area contributed by atoms with Crippen molar-refractivity contribution in [1.29, 1.82) is 0 Å². The summed E-state index contributed by atoms with van der Waals surface area (Å²) in [5.74, 6) is 0.939. The van der Waals surface area contributed by atoms with Gasteiger partial charge < -0.3 is 10.6 Å². The fraction of sp³-hybridized carbons (Fsp3) is 0.333. The predicted octanol–water partition coefficient (Wildman–Crippen LogP) is 3.62. The highest BCUT2D eigenvalue weighted by atomic mass is 32.2. The third-order valence-electron chi connectivity index (χ3n) is 5.76. The number of nitrogens with zero attached hydrogens (tertiary/aromatic N) is 3. The number of aryl methyl sites for hydroxylation is 1. The molecule has 0 atom stereocenters. The van der Waals surface area contributed by atoms with E-state index in [0.29, 0.717) is 30.5 Å². The fourth-order valence-corrected chi connectivity index (χ4v) is 6.08. The van der Waals surface area contributed by atoms with E-state index in [4.69, 9.17) is 5.14 Å². The van der Waals surface area contributed by atoms with E-state index in [9.17, 15) is 16.8 Å². The maximum absolute atomic E-state index is 12.7. The summed E-state index contributed by atoms with van der Waals surface area (Å²) in [5.41, 5.74) is 3.16. The van der Waals surface area contributed by atoms with Gasteiger partial charge in [-0.1, -0.05) is 19.1 Å². The Balaban J connectivity index is 1.44. The second-order valence-electron chi connectivity index (χ2n) is 8.82. The van der Waals surface area contributed by atoms with Crippen molar-refractivity contribution in [1.82, 2.24) is 14.3 Å². The van der Waals surface area contributed by atoms with Gasteiger partial charge >= 0.3 is 0 Å². The van der Waals surface area contributed by atoms with E-state index in [1.165, 1.54) is 12.1 Å². The van der Waals surface area contributed by atoms with Gasteiger partial charge in [-0.25, -0.2) is 27.0 Å². The molecule has 0 unspecified atom stereocenters. The average Bonchev–Trinajstić information content (AvgIpc) is 3.68. The summed E-state index contributed by atoms with van der Waals surface area (Å²) in [5, 5.41) is 11.2. The Morgan fingerprint density at radius 1 is 0.972 bits per heavy atom. The minimum Gasteiger partial charge on any atom is -0.340 e. The Morgan fingerprint density at radius 2 is 1.58 bits per heavy atom. The number of aromatic nitrogens is 2. The van der Waals surface area contributed by atoms with Crippen molar-refractivity contribution < 1.29 is 16.8 Å². The van der Waals surface area contributed by atoms with Gasteiger partial charge in [0, 0.05) is 36.2 Å².